The van der Waals surface area contributed by atoms with Crippen LogP contribution in [0.4, 0.5) is 10.6 Å². The summed E-state index contributed by atoms with van der Waals surface area (Å²) in [6, 6.07) is 9.74. The molecule has 1 fully saturated rings. The second kappa shape index (κ2) is 7.50. The average Bonchev–Trinajstić information content (AvgIpc) is 2.90. The van der Waals surface area contributed by atoms with E-state index in [1.54, 1.807) is 9.58 Å². The molecule has 1 amide bonds. The number of anilines is 1. The maximum atomic E-state index is 12.2. The van der Waals surface area contributed by atoms with Crippen LogP contribution in [0.15, 0.2) is 30.3 Å². The summed E-state index contributed by atoms with van der Waals surface area (Å²) >= 11 is 0. The van der Waals surface area contributed by atoms with E-state index in [1.165, 1.54) is 0 Å². The molecule has 1 aliphatic rings. The topological polar surface area (TPSA) is 82.6 Å². The highest BCUT2D eigenvalue weighted by molar-refractivity contribution is 5.68. The molecular formula is C20H28N4O3. The van der Waals surface area contributed by atoms with Gasteiger partial charge in [-0.2, -0.15) is 0 Å². The Morgan fingerprint density at radius 3 is 2.41 bits per heavy atom. The molecule has 0 spiro atoms. The van der Waals surface area contributed by atoms with Gasteiger partial charge >= 0.3 is 6.09 Å². The van der Waals surface area contributed by atoms with E-state index in [0.717, 1.165) is 24.1 Å². The molecule has 2 heterocycles. The zero-order valence-corrected chi connectivity index (χ0v) is 16.4. The predicted octanol–water partition coefficient (Wildman–Crippen LogP) is 3.54. The van der Waals surface area contributed by atoms with Crippen molar-refractivity contribution in [1.29, 1.82) is 0 Å². The highest BCUT2D eigenvalue weighted by atomic mass is 16.6. The molecule has 1 aromatic carbocycles. The lowest BCUT2D eigenvalue weighted by atomic mass is 10.1. The van der Waals surface area contributed by atoms with Crippen LogP contribution in [0.2, 0.25) is 0 Å². The van der Waals surface area contributed by atoms with Gasteiger partial charge < -0.3 is 20.1 Å². The molecule has 7 nitrogen and oxygen atoms in total. The molecule has 0 atom stereocenters. The minimum absolute atomic E-state index is 0.000843. The minimum Gasteiger partial charge on any atom is -0.473 e. The van der Waals surface area contributed by atoms with Crippen LogP contribution in [0.1, 0.15) is 39.2 Å². The van der Waals surface area contributed by atoms with Crippen molar-refractivity contribution in [2.75, 3.05) is 18.8 Å². The second-order valence-corrected chi connectivity index (χ2v) is 7.85. The highest BCUT2D eigenvalue weighted by Crippen LogP contribution is 2.28. The summed E-state index contributed by atoms with van der Waals surface area (Å²) in [5.74, 6) is 1.12. The lowest BCUT2D eigenvalue weighted by Crippen LogP contribution is -2.44. The Morgan fingerprint density at radius 2 is 1.81 bits per heavy atom. The number of hydrogen-bond acceptors (Lipinski definition) is 5. The molecule has 1 saturated heterocycles. The number of nitrogens with two attached hydrogens (primary N) is 1. The van der Waals surface area contributed by atoms with Gasteiger partial charge in [-0.1, -0.05) is 18.2 Å². The van der Waals surface area contributed by atoms with Crippen molar-refractivity contribution in [2.45, 2.75) is 52.2 Å². The Labute approximate surface area is 160 Å². The quantitative estimate of drug-likeness (QED) is 0.891. The third-order valence-corrected chi connectivity index (χ3v) is 4.50. The van der Waals surface area contributed by atoms with E-state index in [-0.39, 0.29) is 12.2 Å². The van der Waals surface area contributed by atoms with E-state index in [0.29, 0.717) is 24.8 Å². The first-order valence-corrected chi connectivity index (χ1v) is 9.29. The zero-order valence-electron chi connectivity index (χ0n) is 16.4. The first kappa shape index (κ1) is 19.1. The van der Waals surface area contributed by atoms with E-state index < -0.39 is 5.60 Å². The number of hydrogen-bond donors (Lipinski definition) is 1. The van der Waals surface area contributed by atoms with Gasteiger partial charge in [0.1, 0.15) is 17.5 Å². The molecule has 0 radical (unpaired) electrons. The van der Waals surface area contributed by atoms with Crippen LogP contribution >= 0.6 is 0 Å². The summed E-state index contributed by atoms with van der Waals surface area (Å²) in [6.07, 6.45) is 1.20. The summed E-state index contributed by atoms with van der Waals surface area (Å²) in [5, 5.41) is 4.54. The number of nitrogens with zero attached hydrogens (tertiary/aromatic N) is 3. The Morgan fingerprint density at radius 1 is 1.19 bits per heavy atom. The van der Waals surface area contributed by atoms with Crippen molar-refractivity contribution in [2.24, 2.45) is 0 Å². The maximum absolute atomic E-state index is 12.2. The number of rotatable bonds is 3. The number of amides is 1. The van der Waals surface area contributed by atoms with Crippen LogP contribution in [0.25, 0.3) is 5.69 Å². The SMILES string of the molecule is Cc1c(OC2CCN(C(=O)OC(C)(C)C)CC2)nn(-c2ccccc2)c1N. The molecule has 146 valence electrons. The van der Waals surface area contributed by atoms with Crippen LogP contribution in [0, 0.1) is 6.92 Å². The summed E-state index contributed by atoms with van der Waals surface area (Å²) < 4.78 is 13.2. The smallest absolute Gasteiger partial charge is 0.410 e. The molecule has 0 aliphatic carbocycles. The summed E-state index contributed by atoms with van der Waals surface area (Å²) in [5.41, 5.74) is 7.45. The van der Waals surface area contributed by atoms with Crippen LogP contribution in [0.5, 0.6) is 5.88 Å². The van der Waals surface area contributed by atoms with Gasteiger partial charge in [0.05, 0.1) is 11.3 Å². The van der Waals surface area contributed by atoms with E-state index in [9.17, 15) is 4.79 Å². The molecule has 2 N–H and O–H groups in total. The lowest BCUT2D eigenvalue weighted by Gasteiger charge is -2.33. The fourth-order valence-electron chi connectivity index (χ4n) is 3.01. The third-order valence-electron chi connectivity index (χ3n) is 4.50. The van der Waals surface area contributed by atoms with Crippen molar-refractivity contribution < 1.29 is 14.3 Å². The van der Waals surface area contributed by atoms with Gasteiger partial charge in [-0.25, -0.2) is 9.48 Å². The van der Waals surface area contributed by atoms with Crippen LogP contribution in [0.3, 0.4) is 0 Å². The van der Waals surface area contributed by atoms with Crippen molar-refractivity contribution >= 4 is 11.9 Å². The van der Waals surface area contributed by atoms with Crippen LogP contribution in [-0.4, -0.2) is 45.6 Å². The first-order valence-electron chi connectivity index (χ1n) is 9.29. The normalized spacial score (nSPS) is 15.6. The fraction of sp³-hybridized carbons (Fsp3) is 0.500. The number of carbonyl (C=O) groups excluding carboxylic acids is 1. The number of nitrogen functional groups attached to an aromatic ring is 1. The largest absolute Gasteiger partial charge is 0.473 e. The van der Waals surface area contributed by atoms with Crippen molar-refractivity contribution in [1.82, 2.24) is 14.7 Å². The predicted molar refractivity (Wildman–Crippen MR) is 104 cm³/mol. The summed E-state index contributed by atoms with van der Waals surface area (Å²) in [7, 11) is 0. The molecule has 0 unspecified atom stereocenters. The minimum atomic E-state index is -0.483. The molecule has 3 rings (SSSR count). The number of likely N-dealkylation sites (tertiary alicyclic amines) is 1. The standard InChI is InChI=1S/C20H28N4O3/c1-14-17(21)24(15-8-6-5-7-9-15)22-18(14)26-16-10-12-23(13-11-16)19(25)27-20(2,3)4/h5-9,16H,10-13,21H2,1-4H3. The summed E-state index contributed by atoms with van der Waals surface area (Å²) in [6.45, 7) is 8.74. The maximum Gasteiger partial charge on any atom is 0.410 e. The van der Waals surface area contributed by atoms with Crippen LogP contribution in [-0.2, 0) is 4.74 Å². The number of para-hydroxylation sites is 1. The Balaban J connectivity index is 1.62. The van der Waals surface area contributed by atoms with Gasteiger partial charge in [-0.15, -0.1) is 5.10 Å². The molecule has 27 heavy (non-hydrogen) atoms. The third kappa shape index (κ3) is 4.53. The number of aromatic nitrogens is 2. The van der Waals surface area contributed by atoms with Crippen molar-refractivity contribution in [3.05, 3.63) is 35.9 Å². The van der Waals surface area contributed by atoms with Gasteiger partial charge in [0.25, 0.3) is 0 Å². The molecule has 0 bridgehead atoms. The van der Waals surface area contributed by atoms with Gasteiger partial charge in [0, 0.05) is 25.9 Å². The van der Waals surface area contributed by atoms with Gasteiger partial charge in [-0.05, 0) is 39.8 Å². The van der Waals surface area contributed by atoms with E-state index in [2.05, 4.69) is 5.10 Å². The number of ether oxygens (including phenoxy) is 2. The van der Waals surface area contributed by atoms with Gasteiger partial charge in [0.2, 0.25) is 5.88 Å². The van der Waals surface area contributed by atoms with Gasteiger partial charge in [-0.3, -0.25) is 0 Å². The van der Waals surface area contributed by atoms with E-state index >= 15 is 0 Å². The monoisotopic (exact) mass is 372 g/mol. The fourth-order valence-corrected chi connectivity index (χ4v) is 3.01. The van der Waals surface area contributed by atoms with E-state index in [1.807, 2.05) is 58.0 Å². The van der Waals surface area contributed by atoms with Crippen molar-refractivity contribution in [3.8, 4) is 11.6 Å². The number of benzene rings is 1. The molecule has 1 aromatic heterocycles. The first-order chi connectivity index (χ1) is 12.7. The summed E-state index contributed by atoms with van der Waals surface area (Å²) in [4.78, 5) is 13.9. The van der Waals surface area contributed by atoms with Crippen molar-refractivity contribution in [3.63, 3.8) is 0 Å². The Hall–Kier alpha value is -2.70. The van der Waals surface area contributed by atoms with Crippen LogP contribution < -0.4 is 10.5 Å². The Bertz CT molecular complexity index is 788. The lowest BCUT2D eigenvalue weighted by molar-refractivity contribution is 0.0122. The molecule has 0 saturated carbocycles. The average molecular weight is 372 g/mol. The highest BCUT2D eigenvalue weighted by Gasteiger charge is 2.28. The van der Waals surface area contributed by atoms with E-state index in [4.69, 9.17) is 15.2 Å². The number of carbonyl (C=O) groups is 1. The zero-order chi connectivity index (χ0) is 19.6. The molecular weight excluding hydrogens is 344 g/mol. The van der Waals surface area contributed by atoms with Gasteiger partial charge in [0.15, 0.2) is 0 Å². The Kier molecular flexibility index (Phi) is 5.30. The molecule has 1 aliphatic heterocycles. The second-order valence-electron chi connectivity index (χ2n) is 7.85. The molecule has 2 aromatic rings. The molecule has 7 heteroatoms. The number of piperidine rings is 1.